The van der Waals surface area contributed by atoms with Gasteiger partial charge in [-0.15, -0.1) is 0 Å². The Morgan fingerprint density at radius 1 is 0.939 bits per heavy atom. The first kappa shape index (κ1) is 22.8. The third-order valence-electron chi connectivity index (χ3n) is 6.18. The SMILES string of the molecule is Cc1ccccc1CC(=O)NCCc1nc2ccccc2n1Cc1ccc(C(C)(C)C)cc1. The molecule has 170 valence electrons. The maximum absolute atomic E-state index is 12.5. The molecule has 4 nitrogen and oxygen atoms in total. The van der Waals surface area contributed by atoms with Gasteiger partial charge in [0.2, 0.25) is 5.91 Å². The Hall–Kier alpha value is -3.40. The largest absolute Gasteiger partial charge is 0.355 e. The molecular weight excluding hydrogens is 406 g/mol. The number of aromatic nitrogens is 2. The predicted molar refractivity (Wildman–Crippen MR) is 136 cm³/mol. The molecule has 0 bridgehead atoms. The molecule has 0 fully saturated rings. The molecule has 0 unspecified atom stereocenters. The van der Waals surface area contributed by atoms with E-state index in [-0.39, 0.29) is 11.3 Å². The van der Waals surface area contributed by atoms with E-state index in [0.717, 1.165) is 34.5 Å². The van der Waals surface area contributed by atoms with Crippen LogP contribution in [0.4, 0.5) is 0 Å². The fourth-order valence-corrected chi connectivity index (χ4v) is 4.14. The van der Waals surface area contributed by atoms with Crippen molar-refractivity contribution in [3.63, 3.8) is 0 Å². The van der Waals surface area contributed by atoms with Crippen molar-refractivity contribution in [1.82, 2.24) is 14.9 Å². The predicted octanol–water partition coefficient (Wildman–Crippen LogP) is 5.59. The molecule has 4 aromatic rings. The molecular formula is C29H33N3O. The van der Waals surface area contributed by atoms with E-state index in [4.69, 9.17) is 4.98 Å². The molecule has 4 heteroatoms. The molecule has 0 aliphatic heterocycles. The Morgan fingerprint density at radius 3 is 2.36 bits per heavy atom. The molecule has 4 rings (SSSR count). The first-order chi connectivity index (χ1) is 15.8. The second-order valence-electron chi connectivity index (χ2n) is 9.75. The Balaban J connectivity index is 1.47. The number of benzene rings is 3. The number of amides is 1. The monoisotopic (exact) mass is 439 g/mol. The summed E-state index contributed by atoms with van der Waals surface area (Å²) >= 11 is 0. The van der Waals surface area contributed by atoms with Gasteiger partial charge >= 0.3 is 0 Å². The smallest absolute Gasteiger partial charge is 0.224 e. The summed E-state index contributed by atoms with van der Waals surface area (Å²) in [4.78, 5) is 17.3. The van der Waals surface area contributed by atoms with E-state index in [1.165, 1.54) is 11.1 Å². The maximum atomic E-state index is 12.5. The number of hydrogen-bond acceptors (Lipinski definition) is 2. The minimum atomic E-state index is 0.0460. The van der Waals surface area contributed by atoms with Crippen LogP contribution in [0.1, 0.15) is 48.8 Å². The number of carbonyl (C=O) groups is 1. The Labute approximate surface area is 196 Å². The topological polar surface area (TPSA) is 46.9 Å². The number of fused-ring (bicyclic) bond motifs is 1. The second kappa shape index (κ2) is 9.62. The van der Waals surface area contributed by atoms with Crippen molar-refractivity contribution in [3.8, 4) is 0 Å². The summed E-state index contributed by atoms with van der Waals surface area (Å²) < 4.78 is 2.27. The Morgan fingerprint density at radius 2 is 1.64 bits per heavy atom. The maximum Gasteiger partial charge on any atom is 0.224 e. The van der Waals surface area contributed by atoms with Crippen LogP contribution in [0.2, 0.25) is 0 Å². The average Bonchev–Trinajstić information content (AvgIpc) is 3.12. The molecule has 1 aromatic heterocycles. The molecule has 0 aliphatic carbocycles. The zero-order chi connectivity index (χ0) is 23.4. The summed E-state index contributed by atoms with van der Waals surface area (Å²) in [7, 11) is 0. The fourth-order valence-electron chi connectivity index (χ4n) is 4.14. The highest BCUT2D eigenvalue weighted by atomic mass is 16.1. The highest BCUT2D eigenvalue weighted by molar-refractivity contribution is 5.79. The first-order valence-corrected chi connectivity index (χ1v) is 11.7. The van der Waals surface area contributed by atoms with Crippen LogP contribution in [0.3, 0.4) is 0 Å². The van der Waals surface area contributed by atoms with E-state index < -0.39 is 0 Å². The van der Waals surface area contributed by atoms with E-state index >= 15 is 0 Å². The first-order valence-electron chi connectivity index (χ1n) is 11.7. The molecule has 3 aromatic carbocycles. The van der Waals surface area contributed by atoms with Crippen molar-refractivity contribution in [2.75, 3.05) is 6.54 Å². The summed E-state index contributed by atoms with van der Waals surface area (Å²) in [6.45, 7) is 10.1. The summed E-state index contributed by atoms with van der Waals surface area (Å²) in [6, 6.07) is 25.1. The molecule has 33 heavy (non-hydrogen) atoms. The fraction of sp³-hybridized carbons (Fsp3) is 0.310. The van der Waals surface area contributed by atoms with Gasteiger partial charge in [0.1, 0.15) is 5.82 Å². The van der Waals surface area contributed by atoms with Gasteiger partial charge in [0.05, 0.1) is 17.5 Å². The van der Waals surface area contributed by atoms with Crippen LogP contribution < -0.4 is 5.32 Å². The standard InChI is InChI=1S/C29H33N3O/c1-21-9-5-6-10-23(21)19-28(33)30-18-17-27-31-25-11-7-8-12-26(25)32(27)20-22-13-15-24(16-14-22)29(2,3)4/h5-16H,17-20H2,1-4H3,(H,30,33). The molecule has 0 saturated carbocycles. The van der Waals surface area contributed by atoms with Crippen molar-refractivity contribution in [3.05, 3.63) is 101 Å². The van der Waals surface area contributed by atoms with Gasteiger partial charge in [-0.2, -0.15) is 0 Å². The van der Waals surface area contributed by atoms with Crippen LogP contribution in [0.25, 0.3) is 11.0 Å². The minimum absolute atomic E-state index is 0.0460. The number of carbonyl (C=O) groups excluding carboxylic acids is 1. The number of imidazole rings is 1. The summed E-state index contributed by atoms with van der Waals surface area (Å²) in [5.41, 5.74) is 7.05. The van der Waals surface area contributed by atoms with Crippen LogP contribution >= 0.6 is 0 Å². The third-order valence-corrected chi connectivity index (χ3v) is 6.18. The molecule has 0 atom stereocenters. The van der Waals surface area contributed by atoms with Gasteiger partial charge in [0.25, 0.3) is 0 Å². The summed E-state index contributed by atoms with van der Waals surface area (Å²) in [5, 5.41) is 3.07. The van der Waals surface area contributed by atoms with E-state index in [0.29, 0.717) is 19.4 Å². The van der Waals surface area contributed by atoms with Crippen molar-refractivity contribution in [1.29, 1.82) is 0 Å². The van der Waals surface area contributed by atoms with Gasteiger partial charge in [-0.25, -0.2) is 4.98 Å². The van der Waals surface area contributed by atoms with E-state index in [1.807, 2.05) is 37.3 Å². The lowest BCUT2D eigenvalue weighted by molar-refractivity contribution is -0.120. The van der Waals surface area contributed by atoms with Gasteiger partial charge in [0, 0.05) is 19.5 Å². The van der Waals surface area contributed by atoms with Crippen molar-refractivity contribution in [2.24, 2.45) is 0 Å². The lowest BCUT2D eigenvalue weighted by atomic mass is 9.87. The number of nitrogens with one attached hydrogen (secondary N) is 1. The zero-order valence-corrected chi connectivity index (χ0v) is 20.1. The number of nitrogens with zero attached hydrogens (tertiary/aromatic N) is 2. The lowest BCUT2D eigenvalue weighted by Crippen LogP contribution is -2.28. The van der Waals surface area contributed by atoms with Gasteiger partial charge in [0.15, 0.2) is 0 Å². The highest BCUT2D eigenvalue weighted by Gasteiger charge is 2.15. The molecule has 0 saturated heterocycles. The van der Waals surface area contributed by atoms with Crippen LogP contribution in [0.15, 0.2) is 72.8 Å². The molecule has 1 amide bonds. The number of aryl methyl sites for hydroxylation is 1. The van der Waals surface area contributed by atoms with Crippen molar-refractivity contribution < 1.29 is 4.79 Å². The Bertz CT molecular complexity index is 1250. The van der Waals surface area contributed by atoms with Gasteiger partial charge in [-0.1, -0.05) is 81.4 Å². The number of hydrogen-bond donors (Lipinski definition) is 1. The van der Waals surface area contributed by atoms with Crippen LogP contribution in [-0.4, -0.2) is 22.0 Å². The van der Waals surface area contributed by atoms with Crippen molar-refractivity contribution >= 4 is 16.9 Å². The quantitative estimate of drug-likeness (QED) is 0.408. The van der Waals surface area contributed by atoms with E-state index in [2.05, 4.69) is 73.1 Å². The van der Waals surface area contributed by atoms with Crippen LogP contribution in [-0.2, 0) is 29.6 Å². The van der Waals surface area contributed by atoms with Gasteiger partial charge < -0.3 is 9.88 Å². The van der Waals surface area contributed by atoms with Crippen molar-refractivity contribution in [2.45, 2.75) is 52.5 Å². The summed E-state index contributed by atoms with van der Waals surface area (Å²) in [6.07, 6.45) is 1.09. The zero-order valence-electron chi connectivity index (χ0n) is 20.1. The molecule has 0 aliphatic rings. The van der Waals surface area contributed by atoms with Crippen LogP contribution in [0.5, 0.6) is 0 Å². The number of rotatable bonds is 7. The van der Waals surface area contributed by atoms with E-state index in [1.54, 1.807) is 0 Å². The van der Waals surface area contributed by atoms with Gasteiger partial charge in [-0.05, 0) is 46.7 Å². The second-order valence-corrected chi connectivity index (χ2v) is 9.75. The highest BCUT2D eigenvalue weighted by Crippen LogP contribution is 2.23. The third kappa shape index (κ3) is 5.51. The lowest BCUT2D eigenvalue weighted by Gasteiger charge is -2.19. The Kier molecular flexibility index (Phi) is 6.64. The average molecular weight is 440 g/mol. The van der Waals surface area contributed by atoms with Gasteiger partial charge in [-0.3, -0.25) is 4.79 Å². The molecule has 0 radical (unpaired) electrons. The summed E-state index contributed by atoms with van der Waals surface area (Å²) in [5.74, 6) is 1.04. The minimum Gasteiger partial charge on any atom is -0.355 e. The normalized spacial score (nSPS) is 11.6. The molecule has 1 heterocycles. The number of para-hydroxylation sites is 2. The molecule has 0 spiro atoms. The van der Waals surface area contributed by atoms with E-state index in [9.17, 15) is 4.79 Å². The van der Waals surface area contributed by atoms with Crippen LogP contribution in [0, 0.1) is 6.92 Å². The molecule has 1 N–H and O–H groups in total.